The Hall–Kier alpha value is 0.0500. The summed E-state index contributed by atoms with van der Waals surface area (Å²) in [5.41, 5.74) is 1.07. The first-order chi connectivity index (χ1) is 7.25. The molecular formula is C12H18Cl3N. The van der Waals surface area contributed by atoms with Crippen molar-refractivity contribution >= 4 is 35.6 Å². The number of hydrogen-bond acceptors (Lipinski definition) is 1. The van der Waals surface area contributed by atoms with E-state index in [2.05, 4.69) is 12.2 Å². The number of hydrogen-bond donors (Lipinski definition) is 1. The average molecular weight is 283 g/mol. The maximum atomic E-state index is 6.06. The number of rotatable bonds is 6. The van der Waals surface area contributed by atoms with Crippen LogP contribution in [0.25, 0.3) is 0 Å². The highest BCUT2D eigenvalue weighted by Gasteiger charge is 2.02. The molecule has 0 saturated carbocycles. The van der Waals surface area contributed by atoms with Crippen LogP contribution in [0, 0.1) is 0 Å². The van der Waals surface area contributed by atoms with Crippen molar-refractivity contribution in [2.75, 3.05) is 6.54 Å². The van der Waals surface area contributed by atoms with Crippen LogP contribution in [0.4, 0.5) is 0 Å². The molecule has 1 aromatic rings. The van der Waals surface area contributed by atoms with Gasteiger partial charge in [0.2, 0.25) is 0 Å². The minimum atomic E-state index is 0. The van der Waals surface area contributed by atoms with Crippen LogP contribution in [0.2, 0.25) is 10.0 Å². The Morgan fingerprint density at radius 1 is 1.19 bits per heavy atom. The van der Waals surface area contributed by atoms with Crippen molar-refractivity contribution in [2.24, 2.45) is 0 Å². The molecule has 1 nitrogen and oxygen atoms in total. The van der Waals surface area contributed by atoms with Crippen LogP contribution in [0.3, 0.4) is 0 Å². The topological polar surface area (TPSA) is 12.0 Å². The number of halogens is 3. The SMILES string of the molecule is CCCCCNCc1cccc(Cl)c1Cl.Cl. The Labute approximate surface area is 114 Å². The molecule has 0 aliphatic heterocycles. The lowest BCUT2D eigenvalue weighted by molar-refractivity contribution is 0.617. The second-order valence-corrected chi connectivity index (χ2v) is 4.38. The van der Waals surface area contributed by atoms with Crippen LogP contribution < -0.4 is 5.32 Å². The van der Waals surface area contributed by atoms with Gasteiger partial charge in [0.05, 0.1) is 10.0 Å². The summed E-state index contributed by atoms with van der Waals surface area (Å²) in [6.45, 7) is 4.04. The first-order valence-corrected chi connectivity index (χ1v) is 6.15. The highest BCUT2D eigenvalue weighted by Crippen LogP contribution is 2.25. The van der Waals surface area contributed by atoms with E-state index in [1.165, 1.54) is 19.3 Å². The fraction of sp³-hybridized carbons (Fsp3) is 0.500. The van der Waals surface area contributed by atoms with Crippen molar-refractivity contribution in [3.8, 4) is 0 Å². The van der Waals surface area contributed by atoms with Gasteiger partial charge in [-0.1, -0.05) is 55.1 Å². The Kier molecular flexibility index (Phi) is 9.15. The molecule has 92 valence electrons. The molecular weight excluding hydrogens is 264 g/mol. The van der Waals surface area contributed by atoms with Crippen molar-refractivity contribution in [3.05, 3.63) is 33.8 Å². The number of benzene rings is 1. The molecule has 0 atom stereocenters. The first kappa shape index (κ1) is 16.1. The molecule has 16 heavy (non-hydrogen) atoms. The summed E-state index contributed by atoms with van der Waals surface area (Å²) >= 11 is 12.0. The zero-order valence-electron chi connectivity index (χ0n) is 9.43. The summed E-state index contributed by atoms with van der Waals surface area (Å²) in [5, 5.41) is 4.66. The van der Waals surface area contributed by atoms with Crippen LogP contribution >= 0.6 is 35.6 Å². The van der Waals surface area contributed by atoms with Crippen LogP contribution in [0.1, 0.15) is 31.7 Å². The average Bonchev–Trinajstić information content (AvgIpc) is 2.24. The number of unbranched alkanes of at least 4 members (excludes halogenated alkanes) is 2. The molecule has 0 aromatic heterocycles. The molecule has 0 heterocycles. The van der Waals surface area contributed by atoms with E-state index >= 15 is 0 Å². The second kappa shape index (κ2) is 9.12. The summed E-state index contributed by atoms with van der Waals surface area (Å²) in [5.74, 6) is 0. The smallest absolute Gasteiger partial charge is 0.0637 e. The van der Waals surface area contributed by atoms with Gasteiger partial charge in [-0.3, -0.25) is 0 Å². The van der Waals surface area contributed by atoms with E-state index in [0.29, 0.717) is 10.0 Å². The summed E-state index contributed by atoms with van der Waals surface area (Å²) < 4.78 is 0. The van der Waals surface area contributed by atoms with Crippen molar-refractivity contribution < 1.29 is 0 Å². The predicted octanol–water partition coefficient (Wildman–Crippen LogP) is 4.70. The molecule has 0 bridgehead atoms. The largest absolute Gasteiger partial charge is 0.313 e. The molecule has 1 N–H and O–H groups in total. The van der Waals surface area contributed by atoms with E-state index in [9.17, 15) is 0 Å². The Morgan fingerprint density at radius 3 is 2.62 bits per heavy atom. The molecule has 0 radical (unpaired) electrons. The molecule has 0 amide bonds. The maximum Gasteiger partial charge on any atom is 0.0637 e. The van der Waals surface area contributed by atoms with Gasteiger partial charge < -0.3 is 5.32 Å². The van der Waals surface area contributed by atoms with Gasteiger partial charge in [0.25, 0.3) is 0 Å². The molecule has 0 unspecified atom stereocenters. The van der Waals surface area contributed by atoms with Gasteiger partial charge in [-0.05, 0) is 24.6 Å². The van der Waals surface area contributed by atoms with Crippen molar-refractivity contribution in [1.82, 2.24) is 5.32 Å². The molecule has 0 aliphatic carbocycles. The van der Waals surface area contributed by atoms with Gasteiger partial charge in [0.1, 0.15) is 0 Å². The standard InChI is InChI=1S/C12H17Cl2N.ClH/c1-2-3-4-8-15-9-10-6-5-7-11(13)12(10)14;/h5-7,15H,2-4,8-9H2,1H3;1H. The Morgan fingerprint density at radius 2 is 1.94 bits per heavy atom. The lowest BCUT2D eigenvalue weighted by Crippen LogP contribution is -2.14. The fourth-order valence-corrected chi connectivity index (χ4v) is 1.79. The first-order valence-electron chi connectivity index (χ1n) is 5.39. The lowest BCUT2D eigenvalue weighted by Gasteiger charge is -2.07. The third kappa shape index (κ3) is 5.40. The van der Waals surface area contributed by atoms with Crippen LogP contribution in [0.5, 0.6) is 0 Å². The van der Waals surface area contributed by atoms with Crippen LogP contribution in [-0.4, -0.2) is 6.54 Å². The number of nitrogens with one attached hydrogen (secondary N) is 1. The predicted molar refractivity (Wildman–Crippen MR) is 74.9 cm³/mol. The molecule has 1 aromatic carbocycles. The normalized spacial score (nSPS) is 9.94. The molecule has 4 heteroatoms. The third-order valence-corrected chi connectivity index (χ3v) is 3.16. The highest BCUT2D eigenvalue weighted by molar-refractivity contribution is 6.42. The second-order valence-electron chi connectivity index (χ2n) is 3.60. The minimum Gasteiger partial charge on any atom is -0.313 e. The zero-order valence-corrected chi connectivity index (χ0v) is 11.8. The molecule has 0 spiro atoms. The van der Waals surface area contributed by atoms with E-state index in [1.54, 1.807) is 0 Å². The quantitative estimate of drug-likeness (QED) is 0.746. The van der Waals surface area contributed by atoms with Gasteiger partial charge in [0, 0.05) is 6.54 Å². The van der Waals surface area contributed by atoms with Gasteiger partial charge in [-0.15, -0.1) is 12.4 Å². The Balaban J connectivity index is 0.00000225. The summed E-state index contributed by atoms with van der Waals surface area (Å²) in [6.07, 6.45) is 3.74. The van der Waals surface area contributed by atoms with Gasteiger partial charge >= 0.3 is 0 Å². The van der Waals surface area contributed by atoms with E-state index in [0.717, 1.165) is 18.7 Å². The fourth-order valence-electron chi connectivity index (χ4n) is 1.41. The lowest BCUT2D eigenvalue weighted by atomic mass is 10.2. The third-order valence-electron chi connectivity index (χ3n) is 2.30. The minimum absolute atomic E-state index is 0. The van der Waals surface area contributed by atoms with E-state index in [-0.39, 0.29) is 12.4 Å². The van der Waals surface area contributed by atoms with Gasteiger partial charge in [-0.2, -0.15) is 0 Å². The highest BCUT2D eigenvalue weighted by atomic mass is 35.5. The summed E-state index contributed by atoms with van der Waals surface area (Å²) in [7, 11) is 0. The Bertz CT molecular complexity index is 302. The maximum absolute atomic E-state index is 6.06. The monoisotopic (exact) mass is 281 g/mol. The van der Waals surface area contributed by atoms with E-state index in [1.807, 2.05) is 18.2 Å². The van der Waals surface area contributed by atoms with Crippen molar-refractivity contribution in [3.63, 3.8) is 0 Å². The molecule has 1 rings (SSSR count). The van der Waals surface area contributed by atoms with Crippen molar-refractivity contribution in [2.45, 2.75) is 32.7 Å². The van der Waals surface area contributed by atoms with Crippen molar-refractivity contribution in [1.29, 1.82) is 0 Å². The molecule has 0 fully saturated rings. The zero-order chi connectivity index (χ0) is 11.1. The summed E-state index contributed by atoms with van der Waals surface area (Å²) in [6, 6.07) is 5.74. The van der Waals surface area contributed by atoms with Crippen LogP contribution in [0.15, 0.2) is 18.2 Å². The van der Waals surface area contributed by atoms with Gasteiger partial charge in [0.15, 0.2) is 0 Å². The molecule has 0 aliphatic rings. The molecule has 0 saturated heterocycles. The van der Waals surface area contributed by atoms with E-state index in [4.69, 9.17) is 23.2 Å². The van der Waals surface area contributed by atoms with E-state index < -0.39 is 0 Å². The van der Waals surface area contributed by atoms with Gasteiger partial charge in [-0.25, -0.2) is 0 Å². The van der Waals surface area contributed by atoms with Crippen LogP contribution in [-0.2, 0) is 6.54 Å². The summed E-state index contributed by atoms with van der Waals surface area (Å²) in [4.78, 5) is 0.